The Bertz CT molecular complexity index is 2170. The number of hydrogen-bond donors (Lipinski definition) is 2. The molecule has 0 fully saturated rings. The van der Waals surface area contributed by atoms with Crippen molar-refractivity contribution in [3.8, 4) is 22.3 Å². The van der Waals surface area contributed by atoms with Gasteiger partial charge in [-0.15, -0.1) is 0 Å². The minimum Gasteiger partial charge on any atom is -0.355 e. The van der Waals surface area contributed by atoms with Crippen LogP contribution in [0.2, 0.25) is 0 Å². The maximum absolute atomic E-state index is 5.53. The van der Waals surface area contributed by atoms with E-state index in [1.807, 2.05) is 0 Å². The van der Waals surface area contributed by atoms with Crippen LogP contribution in [0.25, 0.3) is 44.3 Å². The predicted octanol–water partition coefficient (Wildman–Crippen LogP) is 12.5. The van der Waals surface area contributed by atoms with E-state index in [1.54, 1.807) is 0 Å². The van der Waals surface area contributed by atoms with Gasteiger partial charge in [0.25, 0.3) is 0 Å². The molecular formula is C46H54N4. The van der Waals surface area contributed by atoms with Crippen LogP contribution in [0.15, 0.2) is 36.4 Å². The molecule has 2 aromatic carbocycles. The van der Waals surface area contributed by atoms with Crippen LogP contribution in [0.5, 0.6) is 0 Å². The van der Waals surface area contributed by atoms with Crippen LogP contribution >= 0.6 is 0 Å². The minimum atomic E-state index is 0.251. The maximum Gasteiger partial charge on any atom is 0.0541 e. The highest BCUT2D eigenvalue weighted by atomic mass is 14.8. The molecular weight excluding hydrogens is 609 g/mol. The fourth-order valence-electron chi connectivity index (χ4n) is 8.72. The van der Waals surface area contributed by atoms with E-state index in [1.165, 1.54) is 77.9 Å². The molecule has 7 rings (SSSR count). The molecule has 0 amide bonds. The van der Waals surface area contributed by atoms with Gasteiger partial charge in [-0.3, -0.25) is 9.97 Å². The Kier molecular flexibility index (Phi) is 8.24. The molecule has 2 aliphatic heterocycles. The number of fused-ring (bicyclic) bond motifs is 8. The van der Waals surface area contributed by atoms with Gasteiger partial charge in [0.15, 0.2) is 0 Å². The van der Waals surface area contributed by atoms with Crippen molar-refractivity contribution in [2.45, 2.75) is 121 Å². The van der Waals surface area contributed by atoms with Crippen molar-refractivity contribution >= 4 is 22.1 Å². The quantitative estimate of drug-likeness (QED) is 0.198. The summed E-state index contributed by atoms with van der Waals surface area (Å²) < 4.78 is 0. The van der Waals surface area contributed by atoms with Crippen LogP contribution in [0.3, 0.4) is 0 Å². The van der Waals surface area contributed by atoms with E-state index in [0.29, 0.717) is 0 Å². The smallest absolute Gasteiger partial charge is 0.0541 e. The molecule has 0 saturated carbocycles. The molecule has 4 atom stereocenters. The van der Waals surface area contributed by atoms with Gasteiger partial charge in [0.2, 0.25) is 0 Å². The summed E-state index contributed by atoms with van der Waals surface area (Å²) in [5.74, 6) is 1.04. The van der Waals surface area contributed by atoms with Gasteiger partial charge in [-0.05, 0) is 172 Å². The first-order valence-electron chi connectivity index (χ1n) is 18.5. The zero-order valence-corrected chi connectivity index (χ0v) is 32.7. The Morgan fingerprint density at radius 2 is 0.680 bits per heavy atom. The first-order valence-corrected chi connectivity index (χ1v) is 18.5. The Morgan fingerprint density at radius 1 is 0.380 bits per heavy atom. The van der Waals surface area contributed by atoms with Crippen LogP contribution in [0, 0.1) is 69.2 Å². The minimum absolute atomic E-state index is 0.251. The lowest BCUT2D eigenvalue weighted by Crippen LogP contribution is -2.04. The summed E-state index contributed by atoms with van der Waals surface area (Å²) in [6.45, 7) is 32.1. The zero-order chi connectivity index (χ0) is 36.1. The molecule has 5 heterocycles. The Morgan fingerprint density at radius 3 is 1.00 bits per heavy atom. The number of H-pyrrole nitrogens is 2. The maximum atomic E-state index is 5.53. The van der Waals surface area contributed by atoms with Crippen molar-refractivity contribution in [2.24, 2.45) is 0 Å². The normalized spacial score (nSPS) is 19.0. The van der Waals surface area contributed by atoms with Crippen molar-refractivity contribution in [1.29, 1.82) is 0 Å². The van der Waals surface area contributed by atoms with E-state index >= 15 is 0 Å². The number of hydrogen-bond acceptors (Lipinski definition) is 2. The third-order valence-electron chi connectivity index (χ3n) is 13.4. The molecule has 2 aliphatic rings. The topological polar surface area (TPSA) is 57.4 Å². The molecule has 0 aliphatic carbocycles. The summed E-state index contributed by atoms with van der Waals surface area (Å²) in [6.07, 6.45) is 0. The number of nitrogens with zero attached hydrogens (tertiary/aromatic N) is 2. The van der Waals surface area contributed by atoms with Gasteiger partial charge in [-0.1, -0.05) is 27.7 Å². The molecule has 4 heteroatoms. The number of aromatic nitrogens is 4. The molecule has 2 N–H and O–H groups in total. The third kappa shape index (κ3) is 5.00. The molecule has 5 aromatic rings. The Balaban J connectivity index is 1.67. The molecule has 0 spiro atoms. The second-order valence-electron chi connectivity index (χ2n) is 15.7. The second-order valence-corrected chi connectivity index (χ2v) is 15.7. The lowest BCUT2D eigenvalue weighted by molar-refractivity contribution is 0.656. The molecule has 258 valence electrons. The first kappa shape index (κ1) is 34.0. The lowest BCUT2D eigenvalue weighted by Gasteiger charge is -2.21. The van der Waals surface area contributed by atoms with E-state index in [4.69, 9.17) is 9.97 Å². The lowest BCUT2D eigenvalue weighted by atomic mass is 9.83. The van der Waals surface area contributed by atoms with Crippen LogP contribution < -0.4 is 0 Å². The van der Waals surface area contributed by atoms with Crippen molar-refractivity contribution in [1.82, 2.24) is 19.9 Å². The SMILES string of the molecule is Cc1c(C)c(C)c(-c2c3nc(cc4ccc([nH]4)c(-c4c(C)c(C)c(C)c(C)c4C)c4nc(cc5ccc2[nH]5)C(C)C4C)C(C)C3C)c(C)c1C. The largest absolute Gasteiger partial charge is 0.355 e. The first-order chi connectivity index (χ1) is 23.6. The molecule has 8 bridgehead atoms. The highest BCUT2D eigenvalue weighted by Gasteiger charge is 2.32. The van der Waals surface area contributed by atoms with Crippen LogP contribution in [-0.4, -0.2) is 19.9 Å². The summed E-state index contributed by atoms with van der Waals surface area (Å²) >= 11 is 0. The van der Waals surface area contributed by atoms with E-state index < -0.39 is 0 Å². The standard InChI is InChI=1S/C46H54N4/c1-21-23(3)29(9)41(30(10)24(21)4)43-37-17-15-35(47-37)19-40-28(8)34(14)46(50-40)44(42-31(11)25(5)22(2)26(6)32(42)12)38-18-16-36(48-38)20-39-27(7)33(13)45(43)49-39/h15-20,27-28,33-34,47-48H,1-14H3. The highest BCUT2D eigenvalue weighted by molar-refractivity contribution is 5.90. The second kappa shape index (κ2) is 12.1. The molecule has 3 aromatic heterocycles. The molecule has 50 heavy (non-hydrogen) atoms. The number of aromatic amines is 2. The predicted molar refractivity (Wildman–Crippen MR) is 213 cm³/mol. The third-order valence-corrected chi connectivity index (χ3v) is 13.4. The van der Waals surface area contributed by atoms with Crippen molar-refractivity contribution in [3.05, 3.63) is 115 Å². The van der Waals surface area contributed by atoms with Crippen molar-refractivity contribution < 1.29 is 0 Å². The van der Waals surface area contributed by atoms with Gasteiger partial charge in [0.05, 0.1) is 11.4 Å². The zero-order valence-electron chi connectivity index (χ0n) is 32.7. The number of benzene rings is 2. The van der Waals surface area contributed by atoms with Gasteiger partial charge in [-0.25, -0.2) is 0 Å². The summed E-state index contributed by atoms with van der Waals surface area (Å²) in [5, 5.41) is 0. The Hall–Kier alpha value is -4.44. The van der Waals surface area contributed by atoms with E-state index in [-0.39, 0.29) is 23.7 Å². The van der Waals surface area contributed by atoms with Gasteiger partial charge < -0.3 is 9.97 Å². The average Bonchev–Trinajstić information content (AvgIpc) is 3.87. The number of nitrogens with one attached hydrogen (secondary N) is 2. The molecule has 4 unspecified atom stereocenters. The fraction of sp³-hybridized carbons (Fsp3) is 0.391. The van der Waals surface area contributed by atoms with Crippen LogP contribution in [0.4, 0.5) is 0 Å². The van der Waals surface area contributed by atoms with Gasteiger partial charge in [0.1, 0.15) is 0 Å². The Labute approximate surface area is 298 Å². The van der Waals surface area contributed by atoms with Gasteiger partial charge in [-0.2, -0.15) is 0 Å². The van der Waals surface area contributed by atoms with Crippen LogP contribution in [0.1, 0.15) is 130 Å². The van der Waals surface area contributed by atoms with E-state index in [0.717, 1.165) is 44.8 Å². The summed E-state index contributed by atoms with van der Waals surface area (Å²) in [7, 11) is 0. The summed E-state index contributed by atoms with van der Waals surface area (Å²) in [5.41, 5.74) is 27.5. The molecule has 4 nitrogen and oxygen atoms in total. The molecule has 0 saturated heterocycles. The highest BCUT2D eigenvalue weighted by Crippen LogP contribution is 2.47. The number of rotatable bonds is 2. The fourth-order valence-corrected chi connectivity index (χ4v) is 8.72. The summed E-state index contributed by atoms with van der Waals surface area (Å²) in [4.78, 5) is 18.8. The van der Waals surface area contributed by atoms with E-state index in [9.17, 15) is 0 Å². The average molecular weight is 663 g/mol. The van der Waals surface area contributed by atoms with Crippen molar-refractivity contribution in [2.75, 3.05) is 0 Å². The summed E-state index contributed by atoms with van der Waals surface area (Å²) in [6, 6.07) is 13.5. The molecule has 0 radical (unpaired) electrons. The van der Waals surface area contributed by atoms with Gasteiger partial charge in [0, 0.05) is 68.3 Å². The van der Waals surface area contributed by atoms with Crippen molar-refractivity contribution in [3.63, 3.8) is 0 Å². The van der Waals surface area contributed by atoms with Crippen LogP contribution in [-0.2, 0) is 0 Å². The monoisotopic (exact) mass is 662 g/mol. The van der Waals surface area contributed by atoms with Gasteiger partial charge >= 0.3 is 0 Å². The van der Waals surface area contributed by atoms with E-state index in [2.05, 4.69) is 143 Å².